The molecule has 11 heavy (non-hydrogen) atoms. The van der Waals surface area contributed by atoms with E-state index in [1.165, 1.54) is 6.07 Å². The summed E-state index contributed by atoms with van der Waals surface area (Å²) in [5, 5.41) is 8.44. The predicted molar refractivity (Wildman–Crippen MR) is 41.8 cm³/mol. The number of nitrogens with zero attached hydrogens (tertiary/aromatic N) is 2. The molecular weight excluding hydrogens is 138 g/mol. The van der Waals surface area contributed by atoms with Crippen molar-refractivity contribution >= 4 is 11.4 Å². The number of nitrogens with two attached hydrogens (primary N) is 1. The fourth-order valence-corrected chi connectivity index (χ4v) is 0.726. The molecule has 0 aromatic heterocycles. The Morgan fingerprint density at radius 2 is 2.27 bits per heavy atom. The number of benzene rings is 1. The van der Waals surface area contributed by atoms with E-state index < -0.39 is 0 Å². The molecule has 3 nitrogen and oxygen atoms in total. The van der Waals surface area contributed by atoms with E-state index in [0.717, 1.165) is 0 Å². The molecule has 0 fully saturated rings. The maximum absolute atomic E-state index is 8.44. The smallest absolute Gasteiger partial charge is 0.209 e. The van der Waals surface area contributed by atoms with Gasteiger partial charge >= 0.3 is 0 Å². The summed E-state index contributed by atoms with van der Waals surface area (Å²) >= 11 is 0. The second-order valence-electron chi connectivity index (χ2n) is 2.00. The van der Waals surface area contributed by atoms with Crippen LogP contribution in [0.4, 0.5) is 11.4 Å². The Morgan fingerprint density at radius 1 is 1.55 bits per heavy atom. The lowest BCUT2D eigenvalue weighted by atomic mass is 10.2. The number of nitrogen functional groups attached to an aromatic ring is 1. The van der Waals surface area contributed by atoms with E-state index in [0.29, 0.717) is 16.9 Å². The van der Waals surface area contributed by atoms with E-state index >= 15 is 0 Å². The van der Waals surface area contributed by atoms with E-state index in [1.807, 2.05) is 6.07 Å². The van der Waals surface area contributed by atoms with Gasteiger partial charge in [0.1, 0.15) is 0 Å². The summed E-state index contributed by atoms with van der Waals surface area (Å²) in [6.07, 6.45) is 0. The van der Waals surface area contributed by atoms with Crippen LogP contribution >= 0.6 is 0 Å². The molecule has 1 aromatic rings. The van der Waals surface area contributed by atoms with Gasteiger partial charge in [-0.1, -0.05) is 12.1 Å². The lowest BCUT2D eigenvalue weighted by Crippen LogP contribution is -1.85. The molecule has 0 aliphatic heterocycles. The molecular formula is C8H5N3. The number of anilines is 1. The zero-order valence-electron chi connectivity index (χ0n) is 5.70. The third-order valence-electron chi connectivity index (χ3n) is 1.28. The summed E-state index contributed by atoms with van der Waals surface area (Å²) in [5.74, 6) is 0. The summed E-state index contributed by atoms with van der Waals surface area (Å²) in [6.45, 7) is 6.67. The summed E-state index contributed by atoms with van der Waals surface area (Å²) < 4.78 is 0. The SMILES string of the molecule is [C-]#[N+]c1ccc(C#N)cc1N. The van der Waals surface area contributed by atoms with Crippen molar-refractivity contribution in [1.29, 1.82) is 5.26 Å². The molecule has 0 saturated heterocycles. The van der Waals surface area contributed by atoms with Crippen LogP contribution < -0.4 is 5.73 Å². The molecule has 0 heterocycles. The zero-order valence-corrected chi connectivity index (χ0v) is 5.70. The zero-order chi connectivity index (χ0) is 8.27. The third-order valence-corrected chi connectivity index (χ3v) is 1.28. The summed E-state index contributed by atoms with van der Waals surface area (Å²) in [7, 11) is 0. The third kappa shape index (κ3) is 1.28. The van der Waals surface area contributed by atoms with Gasteiger partial charge in [-0.2, -0.15) is 5.26 Å². The van der Waals surface area contributed by atoms with Crippen LogP contribution in [-0.2, 0) is 0 Å². The van der Waals surface area contributed by atoms with Crippen LogP contribution in [-0.4, -0.2) is 0 Å². The number of nitriles is 1. The number of rotatable bonds is 0. The maximum atomic E-state index is 8.44. The van der Waals surface area contributed by atoms with Gasteiger partial charge in [-0.05, 0) is 6.07 Å². The predicted octanol–water partition coefficient (Wildman–Crippen LogP) is 1.69. The molecule has 3 heteroatoms. The normalized spacial score (nSPS) is 8.18. The van der Waals surface area contributed by atoms with Crippen LogP contribution in [0.1, 0.15) is 5.56 Å². The minimum atomic E-state index is 0.360. The molecule has 2 N–H and O–H groups in total. The highest BCUT2D eigenvalue weighted by atomic mass is 14.7. The molecule has 0 saturated carbocycles. The monoisotopic (exact) mass is 143 g/mol. The van der Waals surface area contributed by atoms with Crippen LogP contribution in [0.25, 0.3) is 4.85 Å². The van der Waals surface area contributed by atoms with E-state index in [1.54, 1.807) is 12.1 Å². The molecule has 0 amide bonds. The van der Waals surface area contributed by atoms with Gasteiger partial charge in [0.05, 0.1) is 18.2 Å². The first kappa shape index (κ1) is 7.11. The molecule has 0 unspecified atom stereocenters. The highest BCUT2D eigenvalue weighted by Gasteiger charge is 1.97. The first-order valence-corrected chi connectivity index (χ1v) is 2.95. The molecule has 1 rings (SSSR count). The van der Waals surface area contributed by atoms with Gasteiger partial charge < -0.3 is 5.73 Å². The average molecular weight is 143 g/mol. The van der Waals surface area contributed by atoms with Gasteiger partial charge in [0.15, 0.2) is 0 Å². The molecule has 0 aliphatic rings. The van der Waals surface area contributed by atoms with Crippen LogP contribution in [0.3, 0.4) is 0 Å². The van der Waals surface area contributed by atoms with Crippen molar-refractivity contribution in [3.8, 4) is 6.07 Å². The Labute approximate surface area is 64.5 Å². The van der Waals surface area contributed by atoms with Crippen molar-refractivity contribution in [2.75, 3.05) is 5.73 Å². The Bertz CT molecular complexity index is 355. The second kappa shape index (κ2) is 2.72. The molecule has 0 bridgehead atoms. The second-order valence-corrected chi connectivity index (χ2v) is 2.00. The lowest BCUT2D eigenvalue weighted by Gasteiger charge is -1.95. The Kier molecular flexibility index (Phi) is 1.76. The number of hydrogen-bond acceptors (Lipinski definition) is 2. The van der Waals surface area contributed by atoms with E-state index in [-0.39, 0.29) is 0 Å². The van der Waals surface area contributed by atoms with Gasteiger partial charge in [-0.25, -0.2) is 4.85 Å². The highest BCUT2D eigenvalue weighted by Crippen LogP contribution is 2.21. The Balaban J connectivity index is 3.25. The molecule has 52 valence electrons. The first-order valence-electron chi connectivity index (χ1n) is 2.95. The molecule has 0 atom stereocenters. The van der Waals surface area contributed by atoms with Crippen LogP contribution in [0, 0.1) is 17.9 Å². The van der Waals surface area contributed by atoms with Crippen molar-refractivity contribution in [3.05, 3.63) is 35.2 Å². The fraction of sp³-hybridized carbons (Fsp3) is 0. The van der Waals surface area contributed by atoms with E-state index in [4.69, 9.17) is 17.6 Å². The number of hydrogen-bond donors (Lipinski definition) is 1. The van der Waals surface area contributed by atoms with Crippen LogP contribution in [0.2, 0.25) is 0 Å². The van der Waals surface area contributed by atoms with E-state index in [2.05, 4.69) is 4.85 Å². The van der Waals surface area contributed by atoms with Gasteiger partial charge in [0, 0.05) is 5.69 Å². The van der Waals surface area contributed by atoms with Crippen molar-refractivity contribution < 1.29 is 0 Å². The van der Waals surface area contributed by atoms with Crippen LogP contribution in [0.5, 0.6) is 0 Å². The standard InChI is InChI=1S/C8H5N3/c1-11-8-3-2-6(5-9)4-7(8)10/h2-4H,10H2. The van der Waals surface area contributed by atoms with Gasteiger partial charge in [0.25, 0.3) is 0 Å². The molecule has 0 radical (unpaired) electrons. The largest absolute Gasteiger partial charge is 0.407 e. The molecule has 1 aromatic carbocycles. The molecule has 0 spiro atoms. The van der Waals surface area contributed by atoms with Crippen molar-refractivity contribution in [2.45, 2.75) is 0 Å². The maximum Gasteiger partial charge on any atom is 0.209 e. The lowest BCUT2D eigenvalue weighted by molar-refractivity contribution is 1.49. The van der Waals surface area contributed by atoms with Crippen LogP contribution in [0.15, 0.2) is 18.2 Å². The quantitative estimate of drug-likeness (QED) is 0.443. The van der Waals surface area contributed by atoms with E-state index in [9.17, 15) is 0 Å². The minimum absolute atomic E-state index is 0.360. The van der Waals surface area contributed by atoms with Crippen molar-refractivity contribution in [2.24, 2.45) is 0 Å². The fourth-order valence-electron chi connectivity index (χ4n) is 0.726. The Morgan fingerprint density at radius 3 is 2.73 bits per heavy atom. The van der Waals surface area contributed by atoms with Crippen molar-refractivity contribution in [1.82, 2.24) is 0 Å². The van der Waals surface area contributed by atoms with Gasteiger partial charge in [-0.15, -0.1) is 0 Å². The average Bonchev–Trinajstić information content (AvgIpc) is 2.04. The minimum Gasteiger partial charge on any atom is -0.407 e. The van der Waals surface area contributed by atoms with Gasteiger partial charge in [-0.3, -0.25) is 0 Å². The van der Waals surface area contributed by atoms with Gasteiger partial charge in [0.2, 0.25) is 5.69 Å². The summed E-state index contributed by atoms with van der Waals surface area (Å²) in [4.78, 5) is 3.16. The first-order chi connectivity index (χ1) is 5.27. The van der Waals surface area contributed by atoms with Crippen molar-refractivity contribution in [3.63, 3.8) is 0 Å². The molecule has 0 aliphatic carbocycles. The summed E-state index contributed by atoms with van der Waals surface area (Å²) in [5.41, 5.74) is 6.68. The topological polar surface area (TPSA) is 54.2 Å². The summed E-state index contributed by atoms with van der Waals surface area (Å²) in [6, 6.07) is 6.55. The highest BCUT2D eigenvalue weighted by molar-refractivity contribution is 5.68. The Hall–Kier alpha value is -2.00.